The molecule has 0 aromatic heterocycles. The summed E-state index contributed by atoms with van der Waals surface area (Å²) in [5.41, 5.74) is 1.29. The average molecular weight is 299 g/mol. The first-order valence-corrected chi connectivity index (χ1v) is 6.77. The Morgan fingerprint density at radius 3 is 3.06 bits per heavy atom. The van der Waals surface area contributed by atoms with Crippen LogP contribution in [0, 0.1) is 0 Å². The summed E-state index contributed by atoms with van der Waals surface area (Å²) in [6.07, 6.45) is 0. The maximum Gasteiger partial charge on any atom is 0.119 e. The highest BCUT2D eigenvalue weighted by atomic mass is 79.9. The molecule has 1 N–H and O–H groups in total. The number of halogens is 1. The van der Waals surface area contributed by atoms with E-state index in [-0.39, 0.29) is 0 Å². The van der Waals surface area contributed by atoms with Crippen LogP contribution >= 0.6 is 15.9 Å². The zero-order valence-corrected chi connectivity index (χ0v) is 12.0. The van der Waals surface area contributed by atoms with E-state index in [0.29, 0.717) is 6.04 Å². The maximum atomic E-state index is 5.27. The molecule has 1 fully saturated rings. The number of hydrogen-bond acceptors (Lipinski definition) is 3. The number of piperazine rings is 1. The molecule has 94 valence electrons. The first-order valence-electron chi connectivity index (χ1n) is 5.98. The number of ether oxygens (including phenoxy) is 1. The third-order valence-corrected chi connectivity index (χ3v) is 4.04. The molecule has 0 saturated carbocycles. The van der Waals surface area contributed by atoms with Crippen molar-refractivity contribution in [2.75, 3.05) is 26.7 Å². The van der Waals surface area contributed by atoms with Crippen molar-refractivity contribution in [3.8, 4) is 5.75 Å². The largest absolute Gasteiger partial charge is 0.497 e. The molecule has 1 aliphatic heterocycles. The third kappa shape index (κ3) is 3.21. The Bertz CT molecular complexity index is 384. The van der Waals surface area contributed by atoms with Crippen molar-refractivity contribution < 1.29 is 4.74 Å². The lowest BCUT2D eigenvalue weighted by molar-refractivity contribution is 0.165. The van der Waals surface area contributed by atoms with Crippen LogP contribution < -0.4 is 10.1 Å². The smallest absolute Gasteiger partial charge is 0.119 e. The summed E-state index contributed by atoms with van der Waals surface area (Å²) < 4.78 is 6.43. The molecular formula is C13H19BrN2O. The zero-order valence-electron chi connectivity index (χ0n) is 10.4. The van der Waals surface area contributed by atoms with E-state index >= 15 is 0 Å². The van der Waals surface area contributed by atoms with Gasteiger partial charge in [-0.2, -0.15) is 0 Å². The molecule has 0 bridgehead atoms. The van der Waals surface area contributed by atoms with E-state index < -0.39 is 0 Å². The standard InChI is InChI=1S/C13H19BrN2O/c1-10-8-15-5-6-16(10)9-11-7-12(17-2)3-4-13(11)14/h3-4,7,10,15H,5-6,8-9H2,1-2H3/t10-/m1/s1. The van der Waals surface area contributed by atoms with E-state index in [1.54, 1.807) is 7.11 Å². The minimum Gasteiger partial charge on any atom is -0.497 e. The molecule has 1 atom stereocenters. The minimum absolute atomic E-state index is 0.585. The van der Waals surface area contributed by atoms with Crippen molar-refractivity contribution in [1.82, 2.24) is 10.2 Å². The molecule has 1 aromatic carbocycles. The number of hydrogen-bond donors (Lipinski definition) is 1. The number of rotatable bonds is 3. The number of benzene rings is 1. The molecular weight excluding hydrogens is 280 g/mol. The van der Waals surface area contributed by atoms with Crippen LogP contribution in [-0.4, -0.2) is 37.7 Å². The van der Waals surface area contributed by atoms with Gasteiger partial charge in [0.25, 0.3) is 0 Å². The Labute approximate surface area is 111 Å². The quantitative estimate of drug-likeness (QED) is 0.926. The van der Waals surface area contributed by atoms with Gasteiger partial charge in [-0.05, 0) is 30.7 Å². The van der Waals surface area contributed by atoms with Crippen molar-refractivity contribution in [3.63, 3.8) is 0 Å². The lowest BCUT2D eigenvalue weighted by Gasteiger charge is -2.34. The minimum atomic E-state index is 0.585. The van der Waals surface area contributed by atoms with E-state index in [9.17, 15) is 0 Å². The summed E-state index contributed by atoms with van der Waals surface area (Å²) in [6, 6.07) is 6.73. The highest BCUT2D eigenvalue weighted by Gasteiger charge is 2.18. The fourth-order valence-electron chi connectivity index (χ4n) is 2.14. The molecule has 1 heterocycles. The molecule has 17 heavy (non-hydrogen) atoms. The Kier molecular flexibility index (Phi) is 4.42. The van der Waals surface area contributed by atoms with Crippen LogP contribution in [0.25, 0.3) is 0 Å². The van der Waals surface area contributed by atoms with Crippen LogP contribution in [-0.2, 0) is 6.54 Å². The van der Waals surface area contributed by atoms with Crippen LogP contribution in [0.1, 0.15) is 12.5 Å². The Balaban J connectivity index is 2.11. The van der Waals surface area contributed by atoms with Gasteiger partial charge in [0.05, 0.1) is 7.11 Å². The van der Waals surface area contributed by atoms with Crippen molar-refractivity contribution in [2.45, 2.75) is 19.5 Å². The highest BCUT2D eigenvalue weighted by molar-refractivity contribution is 9.10. The maximum absolute atomic E-state index is 5.27. The average Bonchev–Trinajstić information content (AvgIpc) is 2.35. The Hall–Kier alpha value is -0.580. The van der Waals surface area contributed by atoms with Gasteiger partial charge in [-0.15, -0.1) is 0 Å². The summed E-state index contributed by atoms with van der Waals surface area (Å²) in [5.74, 6) is 0.922. The zero-order chi connectivity index (χ0) is 12.3. The van der Waals surface area contributed by atoms with Crippen molar-refractivity contribution >= 4 is 15.9 Å². The molecule has 4 heteroatoms. The monoisotopic (exact) mass is 298 g/mol. The van der Waals surface area contributed by atoms with E-state index in [1.165, 1.54) is 5.56 Å². The van der Waals surface area contributed by atoms with Crippen molar-refractivity contribution in [1.29, 1.82) is 0 Å². The second-order valence-electron chi connectivity index (χ2n) is 4.48. The Morgan fingerprint density at radius 1 is 1.53 bits per heavy atom. The van der Waals surface area contributed by atoms with E-state index in [2.05, 4.69) is 45.2 Å². The van der Waals surface area contributed by atoms with Gasteiger partial charge in [0.1, 0.15) is 5.75 Å². The summed E-state index contributed by atoms with van der Waals surface area (Å²) in [6.45, 7) is 6.49. The van der Waals surface area contributed by atoms with Gasteiger partial charge in [0.2, 0.25) is 0 Å². The van der Waals surface area contributed by atoms with Crippen LogP contribution in [0.4, 0.5) is 0 Å². The van der Waals surface area contributed by atoms with Crippen LogP contribution in [0.3, 0.4) is 0 Å². The van der Waals surface area contributed by atoms with Gasteiger partial charge in [0.15, 0.2) is 0 Å². The lowest BCUT2D eigenvalue weighted by atomic mass is 10.1. The molecule has 1 aromatic rings. The first kappa shape index (κ1) is 12.9. The molecule has 0 spiro atoms. The van der Waals surface area contributed by atoms with Crippen LogP contribution in [0.2, 0.25) is 0 Å². The van der Waals surface area contributed by atoms with Crippen molar-refractivity contribution in [2.24, 2.45) is 0 Å². The Morgan fingerprint density at radius 2 is 2.35 bits per heavy atom. The molecule has 2 rings (SSSR count). The molecule has 0 aliphatic carbocycles. The van der Waals surface area contributed by atoms with Gasteiger partial charge >= 0.3 is 0 Å². The van der Waals surface area contributed by atoms with E-state index in [1.807, 2.05) is 6.07 Å². The fourth-order valence-corrected chi connectivity index (χ4v) is 2.51. The lowest BCUT2D eigenvalue weighted by Crippen LogP contribution is -2.49. The molecule has 0 radical (unpaired) electrons. The normalized spacial score (nSPS) is 21.5. The predicted octanol–water partition coefficient (Wildman–Crippen LogP) is 2.25. The number of methoxy groups -OCH3 is 1. The summed E-state index contributed by atoms with van der Waals surface area (Å²) >= 11 is 3.61. The molecule has 1 aliphatic rings. The van der Waals surface area contributed by atoms with Gasteiger partial charge < -0.3 is 10.1 Å². The highest BCUT2D eigenvalue weighted by Crippen LogP contribution is 2.24. The molecule has 3 nitrogen and oxygen atoms in total. The van der Waals surface area contributed by atoms with Gasteiger partial charge in [0, 0.05) is 36.7 Å². The van der Waals surface area contributed by atoms with Crippen LogP contribution in [0.5, 0.6) is 5.75 Å². The van der Waals surface area contributed by atoms with E-state index in [0.717, 1.165) is 36.4 Å². The fraction of sp³-hybridized carbons (Fsp3) is 0.538. The summed E-state index contributed by atoms with van der Waals surface area (Å²) in [4.78, 5) is 2.50. The van der Waals surface area contributed by atoms with Gasteiger partial charge in [-0.25, -0.2) is 0 Å². The SMILES string of the molecule is COc1ccc(Br)c(CN2CCNC[C@H]2C)c1. The third-order valence-electron chi connectivity index (χ3n) is 3.27. The molecule has 0 unspecified atom stereocenters. The van der Waals surface area contributed by atoms with Crippen LogP contribution in [0.15, 0.2) is 22.7 Å². The van der Waals surface area contributed by atoms with Crippen molar-refractivity contribution in [3.05, 3.63) is 28.2 Å². The summed E-state index contributed by atoms with van der Waals surface area (Å²) in [7, 11) is 1.71. The van der Waals surface area contributed by atoms with Gasteiger partial charge in [-0.1, -0.05) is 15.9 Å². The summed E-state index contributed by atoms with van der Waals surface area (Å²) in [5, 5.41) is 3.41. The molecule has 1 saturated heterocycles. The topological polar surface area (TPSA) is 24.5 Å². The second-order valence-corrected chi connectivity index (χ2v) is 5.34. The number of nitrogens with zero attached hydrogens (tertiary/aromatic N) is 1. The van der Waals surface area contributed by atoms with E-state index in [4.69, 9.17) is 4.74 Å². The first-order chi connectivity index (χ1) is 8.20. The molecule has 0 amide bonds. The van der Waals surface area contributed by atoms with Gasteiger partial charge in [-0.3, -0.25) is 4.90 Å². The predicted molar refractivity (Wildman–Crippen MR) is 73.4 cm³/mol. The second kappa shape index (κ2) is 5.85. The number of nitrogens with one attached hydrogen (secondary N) is 1.